The molecule has 0 saturated carbocycles. The quantitative estimate of drug-likeness (QED) is 0.699. The highest BCUT2D eigenvalue weighted by Gasteiger charge is 2.26. The van der Waals surface area contributed by atoms with Crippen molar-refractivity contribution in [3.63, 3.8) is 0 Å². The van der Waals surface area contributed by atoms with Gasteiger partial charge in [0.1, 0.15) is 10.7 Å². The van der Waals surface area contributed by atoms with Gasteiger partial charge in [-0.3, -0.25) is 14.3 Å². The molecule has 3 N–H and O–H groups in total. The van der Waals surface area contributed by atoms with Crippen molar-refractivity contribution in [2.45, 2.75) is 13.8 Å². The largest absolute Gasteiger partial charge is 0.465 e. The Balaban J connectivity index is 2.37. The van der Waals surface area contributed by atoms with Gasteiger partial charge in [0, 0.05) is 13.1 Å². The topological polar surface area (TPSA) is 143 Å². The minimum absolute atomic E-state index is 0.0335. The van der Waals surface area contributed by atoms with E-state index in [9.17, 15) is 19.2 Å². The Hall–Kier alpha value is -3.21. The number of carbonyl (C=O) groups excluding carboxylic acids is 4. The average Bonchev–Trinajstić information content (AvgIpc) is 3.15. The summed E-state index contributed by atoms with van der Waals surface area (Å²) in [5.41, 5.74) is 5.67. The number of rotatable bonds is 6. The second kappa shape index (κ2) is 7.99. The summed E-state index contributed by atoms with van der Waals surface area (Å²) in [7, 11) is 2.67. The molecule has 0 aromatic carbocycles. The minimum atomic E-state index is -0.731. The lowest BCUT2D eigenvalue weighted by atomic mass is 10.1. The van der Waals surface area contributed by atoms with Crippen molar-refractivity contribution in [3.8, 4) is 0 Å². The molecular weight excluding hydrogens is 376 g/mol. The summed E-state index contributed by atoms with van der Waals surface area (Å²) in [4.78, 5) is 48.0. The van der Waals surface area contributed by atoms with Crippen LogP contribution in [0.4, 0.5) is 5.00 Å². The zero-order valence-electron chi connectivity index (χ0n) is 15.1. The van der Waals surface area contributed by atoms with Gasteiger partial charge in [0.15, 0.2) is 5.69 Å². The fourth-order valence-electron chi connectivity index (χ4n) is 2.33. The maximum Gasteiger partial charge on any atom is 0.356 e. The van der Waals surface area contributed by atoms with E-state index in [1.807, 2.05) is 0 Å². The molecule has 0 unspecified atom stereocenters. The number of amides is 2. The van der Waals surface area contributed by atoms with Crippen LogP contribution in [-0.2, 0) is 16.5 Å². The van der Waals surface area contributed by atoms with Crippen LogP contribution in [0.2, 0.25) is 0 Å². The van der Waals surface area contributed by atoms with Crippen molar-refractivity contribution >= 4 is 40.1 Å². The predicted octanol–water partition coefficient (Wildman–Crippen LogP) is 1.10. The maximum absolute atomic E-state index is 12.5. The van der Waals surface area contributed by atoms with Gasteiger partial charge in [-0.1, -0.05) is 0 Å². The summed E-state index contributed by atoms with van der Waals surface area (Å²) < 4.78 is 10.8. The zero-order chi connectivity index (χ0) is 20.3. The molecule has 0 aliphatic heterocycles. The van der Waals surface area contributed by atoms with Gasteiger partial charge >= 0.3 is 11.9 Å². The molecule has 2 amide bonds. The van der Waals surface area contributed by atoms with Crippen LogP contribution < -0.4 is 11.1 Å². The first kappa shape index (κ1) is 20.1. The van der Waals surface area contributed by atoms with E-state index in [2.05, 4.69) is 10.4 Å². The number of thiophene rings is 1. The van der Waals surface area contributed by atoms with E-state index in [1.54, 1.807) is 6.92 Å². The summed E-state index contributed by atoms with van der Waals surface area (Å²) in [6.07, 6.45) is 0. The minimum Gasteiger partial charge on any atom is -0.465 e. The number of primary amides is 1. The fraction of sp³-hybridized carbons (Fsp3) is 0.312. The van der Waals surface area contributed by atoms with Crippen molar-refractivity contribution in [2.75, 3.05) is 19.0 Å². The molecule has 0 aliphatic carbocycles. The summed E-state index contributed by atoms with van der Waals surface area (Å²) in [5.74, 6) is -2.75. The first-order valence-corrected chi connectivity index (χ1v) is 8.56. The molecule has 144 valence electrons. The van der Waals surface area contributed by atoms with Crippen LogP contribution in [0.1, 0.15) is 53.5 Å². The molecule has 11 heteroatoms. The standard InChI is InChI=1S/C16H18N4O6S/c1-5-26-15(23)9-6-8(19-20(9)3)13(22)18-14-10(16(24)25-4)7(2)11(27-14)12(17)21/h6H,5H2,1-4H3,(H2,17,21)(H,18,22). The highest BCUT2D eigenvalue weighted by molar-refractivity contribution is 7.18. The van der Waals surface area contributed by atoms with E-state index in [4.69, 9.17) is 15.2 Å². The van der Waals surface area contributed by atoms with Crippen LogP contribution in [-0.4, -0.2) is 47.3 Å². The predicted molar refractivity (Wildman–Crippen MR) is 96.0 cm³/mol. The monoisotopic (exact) mass is 394 g/mol. The summed E-state index contributed by atoms with van der Waals surface area (Å²) in [6.45, 7) is 3.36. The van der Waals surface area contributed by atoms with Crippen molar-refractivity contribution in [3.05, 3.63) is 33.5 Å². The molecule has 0 atom stereocenters. The molecule has 0 fully saturated rings. The number of anilines is 1. The van der Waals surface area contributed by atoms with E-state index in [-0.39, 0.29) is 33.4 Å². The molecule has 2 aromatic rings. The highest BCUT2D eigenvalue weighted by Crippen LogP contribution is 2.33. The number of carbonyl (C=O) groups is 4. The molecule has 2 heterocycles. The molecule has 0 spiro atoms. The molecule has 0 radical (unpaired) electrons. The smallest absolute Gasteiger partial charge is 0.356 e. The van der Waals surface area contributed by atoms with Crippen LogP contribution in [0.15, 0.2) is 6.07 Å². The number of nitrogens with zero attached hydrogens (tertiary/aromatic N) is 2. The van der Waals surface area contributed by atoms with E-state index in [1.165, 1.54) is 31.8 Å². The number of methoxy groups -OCH3 is 1. The molecule has 27 heavy (non-hydrogen) atoms. The number of esters is 2. The lowest BCUT2D eigenvalue weighted by Crippen LogP contribution is -2.15. The fourth-order valence-corrected chi connectivity index (χ4v) is 3.37. The average molecular weight is 394 g/mol. The van der Waals surface area contributed by atoms with Gasteiger partial charge < -0.3 is 20.5 Å². The second-order valence-electron chi connectivity index (χ2n) is 5.33. The van der Waals surface area contributed by atoms with Gasteiger partial charge in [0.25, 0.3) is 11.8 Å². The van der Waals surface area contributed by atoms with E-state index >= 15 is 0 Å². The third-order valence-electron chi connectivity index (χ3n) is 3.58. The van der Waals surface area contributed by atoms with Crippen molar-refractivity contribution in [1.82, 2.24) is 9.78 Å². The van der Waals surface area contributed by atoms with Crippen LogP contribution >= 0.6 is 11.3 Å². The van der Waals surface area contributed by atoms with Gasteiger partial charge in [-0.15, -0.1) is 11.3 Å². The van der Waals surface area contributed by atoms with Gasteiger partial charge in [-0.05, 0) is 19.4 Å². The maximum atomic E-state index is 12.5. The second-order valence-corrected chi connectivity index (χ2v) is 6.35. The third kappa shape index (κ3) is 3.97. The number of aromatic nitrogens is 2. The van der Waals surface area contributed by atoms with E-state index in [0.717, 1.165) is 11.3 Å². The Labute approximate surface area is 158 Å². The van der Waals surface area contributed by atoms with Gasteiger partial charge in [-0.2, -0.15) is 5.10 Å². The Morgan fingerprint density at radius 2 is 1.96 bits per heavy atom. The van der Waals surface area contributed by atoms with Gasteiger partial charge in [0.2, 0.25) is 0 Å². The molecule has 0 aliphatic rings. The molecular formula is C16H18N4O6S. The third-order valence-corrected chi connectivity index (χ3v) is 4.81. The first-order chi connectivity index (χ1) is 12.7. The van der Waals surface area contributed by atoms with Crippen LogP contribution in [0, 0.1) is 6.92 Å². The number of nitrogens with one attached hydrogen (secondary N) is 1. The van der Waals surface area contributed by atoms with Crippen LogP contribution in [0.25, 0.3) is 0 Å². The Morgan fingerprint density at radius 3 is 2.52 bits per heavy atom. The number of aryl methyl sites for hydroxylation is 1. The zero-order valence-corrected chi connectivity index (χ0v) is 15.9. The highest BCUT2D eigenvalue weighted by atomic mass is 32.1. The van der Waals surface area contributed by atoms with Crippen LogP contribution in [0.3, 0.4) is 0 Å². The normalized spacial score (nSPS) is 10.4. The Kier molecular flexibility index (Phi) is 5.95. The number of hydrogen-bond acceptors (Lipinski definition) is 8. The Bertz CT molecular complexity index is 930. The lowest BCUT2D eigenvalue weighted by Gasteiger charge is -2.04. The molecule has 0 saturated heterocycles. The van der Waals surface area contributed by atoms with Gasteiger partial charge in [0.05, 0.1) is 24.2 Å². The van der Waals surface area contributed by atoms with Crippen LogP contribution in [0.5, 0.6) is 0 Å². The van der Waals surface area contributed by atoms with Gasteiger partial charge in [-0.25, -0.2) is 9.59 Å². The van der Waals surface area contributed by atoms with E-state index in [0.29, 0.717) is 5.56 Å². The van der Waals surface area contributed by atoms with E-state index < -0.39 is 23.8 Å². The SMILES string of the molecule is CCOC(=O)c1cc(C(=O)Nc2sc(C(N)=O)c(C)c2C(=O)OC)nn1C. The summed E-state index contributed by atoms with van der Waals surface area (Å²) in [5, 5.41) is 6.58. The summed E-state index contributed by atoms with van der Waals surface area (Å²) >= 11 is 0.853. The number of nitrogens with two attached hydrogens (primary N) is 1. The first-order valence-electron chi connectivity index (χ1n) is 7.75. The van der Waals surface area contributed by atoms with Crippen molar-refractivity contribution in [1.29, 1.82) is 0 Å². The van der Waals surface area contributed by atoms with Crippen molar-refractivity contribution < 1.29 is 28.7 Å². The van der Waals surface area contributed by atoms with Crippen molar-refractivity contribution in [2.24, 2.45) is 12.8 Å². The molecule has 10 nitrogen and oxygen atoms in total. The molecule has 2 rings (SSSR count). The molecule has 2 aromatic heterocycles. The summed E-state index contributed by atoms with van der Waals surface area (Å²) in [6, 6.07) is 1.26. The Morgan fingerprint density at radius 1 is 1.30 bits per heavy atom. The lowest BCUT2D eigenvalue weighted by molar-refractivity contribution is 0.0512. The number of hydrogen-bond donors (Lipinski definition) is 2. The molecule has 0 bridgehead atoms. The number of ether oxygens (including phenoxy) is 2.